The number of rotatable bonds is 6. The van der Waals surface area contributed by atoms with Gasteiger partial charge in [0.05, 0.1) is 12.1 Å². The van der Waals surface area contributed by atoms with E-state index in [9.17, 15) is 14.4 Å². The average Bonchev–Trinajstić information content (AvgIpc) is 2.95. The van der Waals surface area contributed by atoms with Crippen LogP contribution in [0.3, 0.4) is 0 Å². The Morgan fingerprint density at radius 2 is 1.96 bits per heavy atom. The molecule has 2 heterocycles. The lowest BCUT2D eigenvalue weighted by Gasteiger charge is -2.26. The first-order valence-corrected chi connectivity index (χ1v) is 9.00. The van der Waals surface area contributed by atoms with Crippen LogP contribution in [0.2, 0.25) is 0 Å². The Morgan fingerprint density at radius 1 is 1.19 bits per heavy atom. The molecule has 0 bridgehead atoms. The fourth-order valence-electron chi connectivity index (χ4n) is 3.11. The Bertz CT molecular complexity index is 848. The minimum Gasteiger partial charge on any atom is -0.408 e. The molecule has 0 spiro atoms. The molecule has 0 atom stereocenters. The fourth-order valence-corrected chi connectivity index (χ4v) is 3.11. The monoisotopic (exact) mass is 360 g/mol. The highest BCUT2D eigenvalue weighted by molar-refractivity contribution is 5.94. The van der Waals surface area contributed by atoms with Gasteiger partial charge in [0.1, 0.15) is 6.54 Å². The van der Waals surface area contributed by atoms with Gasteiger partial charge in [-0.05, 0) is 44.0 Å². The molecule has 2 aromatic rings. The van der Waals surface area contributed by atoms with Crippen LogP contribution in [0.25, 0.3) is 11.1 Å². The van der Waals surface area contributed by atoms with Gasteiger partial charge < -0.3 is 20.0 Å². The van der Waals surface area contributed by atoms with Crippen LogP contribution >= 0.6 is 0 Å². The highest BCUT2D eigenvalue weighted by Crippen LogP contribution is 2.19. The Hall–Kier alpha value is -2.61. The molecule has 3 rings (SSSR count). The predicted octanol–water partition coefficient (Wildman–Crippen LogP) is 1.15. The van der Waals surface area contributed by atoms with Crippen LogP contribution in [-0.4, -0.2) is 47.5 Å². The fraction of sp³-hybridized carbons (Fsp3) is 0.500. The van der Waals surface area contributed by atoms with E-state index in [2.05, 4.69) is 10.6 Å². The Kier molecular flexibility index (Phi) is 5.72. The van der Waals surface area contributed by atoms with E-state index in [1.54, 1.807) is 23.1 Å². The molecule has 8 heteroatoms. The van der Waals surface area contributed by atoms with Gasteiger partial charge in [-0.2, -0.15) is 0 Å². The van der Waals surface area contributed by atoms with Crippen molar-refractivity contribution >= 4 is 28.6 Å². The molecule has 1 aromatic carbocycles. The molecule has 0 radical (unpaired) electrons. The summed E-state index contributed by atoms with van der Waals surface area (Å²) in [6.45, 7) is 4.24. The van der Waals surface area contributed by atoms with Gasteiger partial charge in [0.15, 0.2) is 5.58 Å². The molecule has 1 aromatic heterocycles. The summed E-state index contributed by atoms with van der Waals surface area (Å²) < 4.78 is 6.55. The molecular formula is C18H24N4O4. The molecule has 1 aliphatic heterocycles. The lowest BCUT2D eigenvalue weighted by atomic mass is 10.1. The topological polar surface area (TPSA) is 96.6 Å². The van der Waals surface area contributed by atoms with Gasteiger partial charge in [0.2, 0.25) is 11.8 Å². The van der Waals surface area contributed by atoms with Crippen molar-refractivity contribution in [2.24, 2.45) is 0 Å². The van der Waals surface area contributed by atoms with Crippen LogP contribution in [0.4, 0.5) is 5.69 Å². The molecule has 0 saturated carbocycles. The summed E-state index contributed by atoms with van der Waals surface area (Å²) in [6.07, 6.45) is 3.12. The van der Waals surface area contributed by atoms with Crippen molar-refractivity contribution in [1.82, 2.24) is 14.8 Å². The van der Waals surface area contributed by atoms with Crippen LogP contribution < -0.4 is 16.4 Å². The van der Waals surface area contributed by atoms with Crippen molar-refractivity contribution in [1.29, 1.82) is 0 Å². The summed E-state index contributed by atoms with van der Waals surface area (Å²) in [5.74, 6) is -0.828. The number of carbonyl (C=O) groups is 2. The maximum Gasteiger partial charge on any atom is 0.420 e. The molecule has 26 heavy (non-hydrogen) atoms. The van der Waals surface area contributed by atoms with E-state index in [-0.39, 0.29) is 24.9 Å². The number of carbonyl (C=O) groups excluding carboxylic acids is 2. The van der Waals surface area contributed by atoms with E-state index in [0.717, 1.165) is 32.4 Å². The van der Waals surface area contributed by atoms with Crippen LogP contribution in [0.1, 0.15) is 26.2 Å². The number of benzene rings is 1. The molecule has 2 N–H and O–H groups in total. The zero-order valence-electron chi connectivity index (χ0n) is 14.9. The van der Waals surface area contributed by atoms with Gasteiger partial charge in [-0.3, -0.25) is 14.2 Å². The van der Waals surface area contributed by atoms with Crippen molar-refractivity contribution in [3.05, 3.63) is 28.7 Å². The molecule has 1 aliphatic rings. The number of piperidine rings is 1. The maximum atomic E-state index is 12.5. The van der Waals surface area contributed by atoms with Crippen molar-refractivity contribution in [3.8, 4) is 0 Å². The summed E-state index contributed by atoms with van der Waals surface area (Å²) in [5, 5.41) is 5.72. The van der Waals surface area contributed by atoms with Crippen LogP contribution in [0.15, 0.2) is 27.4 Å². The van der Waals surface area contributed by atoms with E-state index in [0.29, 0.717) is 23.3 Å². The zero-order valence-corrected chi connectivity index (χ0v) is 14.9. The third-order valence-electron chi connectivity index (χ3n) is 4.49. The number of nitrogens with zero attached hydrogens (tertiary/aromatic N) is 2. The second kappa shape index (κ2) is 8.18. The highest BCUT2D eigenvalue weighted by atomic mass is 16.4. The number of fused-ring (bicyclic) bond motifs is 1. The van der Waals surface area contributed by atoms with Crippen LogP contribution in [0, 0.1) is 0 Å². The number of anilines is 1. The molecule has 8 nitrogen and oxygen atoms in total. The second-order valence-electron chi connectivity index (χ2n) is 6.41. The third-order valence-corrected chi connectivity index (χ3v) is 4.49. The largest absolute Gasteiger partial charge is 0.420 e. The van der Waals surface area contributed by atoms with Crippen LogP contribution in [-0.2, 0) is 16.1 Å². The van der Waals surface area contributed by atoms with E-state index >= 15 is 0 Å². The SMILES string of the molecule is CCNCC(=O)Nc1ccc2oc(=O)n(CC(=O)N3CCCCC3)c2c1. The first kappa shape index (κ1) is 18.2. The number of oxazole rings is 1. The molecule has 2 amide bonds. The zero-order chi connectivity index (χ0) is 18.5. The normalized spacial score (nSPS) is 14.6. The minimum absolute atomic E-state index is 0.0549. The van der Waals surface area contributed by atoms with E-state index in [1.165, 1.54) is 4.57 Å². The lowest BCUT2D eigenvalue weighted by Crippen LogP contribution is -2.39. The van der Waals surface area contributed by atoms with Gasteiger partial charge >= 0.3 is 5.76 Å². The number of hydrogen-bond acceptors (Lipinski definition) is 5. The number of aromatic nitrogens is 1. The number of nitrogens with one attached hydrogen (secondary N) is 2. The van der Waals surface area contributed by atoms with Crippen molar-refractivity contribution in [2.45, 2.75) is 32.7 Å². The van der Waals surface area contributed by atoms with Crippen molar-refractivity contribution in [2.75, 3.05) is 31.5 Å². The number of amides is 2. The maximum absolute atomic E-state index is 12.5. The molecule has 0 aliphatic carbocycles. The summed E-state index contributed by atoms with van der Waals surface area (Å²) in [5.41, 5.74) is 1.45. The Balaban J connectivity index is 1.79. The number of hydrogen-bond donors (Lipinski definition) is 2. The van der Waals surface area contributed by atoms with Gasteiger partial charge in [0, 0.05) is 18.8 Å². The van der Waals surface area contributed by atoms with E-state index < -0.39 is 5.76 Å². The first-order chi connectivity index (χ1) is 12.6. The average molecular weight is 360 g/mol. The van der Waals surface area contributed by atoms with Gasteiger partial charge in [0.25, 0.3) is 0 Å². The number of likely N-dealkylation sites (tertiary alicyclic amines) is 1. The summed E-state index contributed by atoms with van der Waals surface area (Å²) in [6, 6.07) is 4.96. The molecule has 1 fully saturated rings. The van der Waals surface area contributed by atoms with Gasteiger partial charge in [-0.15, -0.1) is 0 Å². The summed E-state index contributed by atoms with van der Waals surface area (Å²) in [7, 11) is 0. The molecular weight excluding hydrogens is 336 g/mol. The van der Waals surface area contributed by atoms with Gasteiger partial charge in [-0.1, -0.05) is 6.92 Å². The standard InChI is InChI=1S/C18H24N4O4/c1-2-19-11-16(23)20-13-6-7-15-14(10-13)22(18(25)26-15)12-17(24)21-8-4-3-5-9-21/h6-7,10,19H,2-5,8-9,11-12H2,1H3,(H,20,23). The first-order valence-electron chi connectivity index (χ1n) is 9.00. The summed E-state index contributed by atoms with van der Waals surface area (Å²) >= 11 is 0. The van der Waals surface area contributed by atoms with Crippen molar-refractivity contribution < 1.29 is 14.0 Å². The second-order valence-corrected chi connectivity index (χ2v) is 6.41. The summed E-state index contributed by atoms with van der Waals surface area (Å²) in [4.78, 5) is 38.3. The van der Waals surface area contributed by atoms with Gasteiger partial charge in [-0.25, -0.2) is 4.79 Å². The number of likely N-dealkylation sites (N-methyl/N-ethyl adjacent to an activating group) is 1. The Morgan fingerprint density at radius 3 is 2.69 bits per heavy atom. The van der Waals surface area contributed by atoms with E-state index in [4.69, 9.17) is 4.42 Å². The predicted molar refractivity (Wildman–Crippen MR) is 98.1 cm³/mol. The third kappa shape index (κ3) is 4.13. The molecule has 140 valence electrons. The molecule has 0 unspecified atom stereocenters. The highest BCUT2D eigenvalue weighted by Gasteiger charge is 2.20. The quantitative estimate of drug-likeness (QED) is 0.806. The van der Waals surface area contributed by atoms with E-state index in [1.807, 2.05) is 6.92 Å². The smallest absolute Gasteiger partial charge is 0.408 e. The minimum atomic E-state index is -0.568. The Labute approximate surface area is 151 Å². The van der Waals surface area contributed by atoms with Crippen molar-refractivity contribution in [3.63, 3.8) is 0 Å². The lowest BCUT2D eigenvalue weighted by molar-refractivity contribution is -0.132. The molecule has 1 saturated heterocycles. The van der Waals surface area contributed by atoms with Crippen LogP contribution in [0.5, 0.6) is 0 Å².